The Balaban J connectivity index is 0.000000273. The molecule has 0 amide bonds. The summed E-state index contributed by atoms with van der Waals surface area (Å²) in [5.74, 6) is 0.772. The first-order valence-electron chi connectivity index (χ1n) is 11.8. The standard InChI is InChI=1S/C12H11O2P.C9H20O2.C7H6O2/c1-3-7-11(8-4-1)13-15-14-12-9-5-2-6-10-12;1-3-5-8(10)7-9(11)6-4-2;8-7(9)6-4-2-1-3-5-6/h1-10,15H;8-11H,3-7H2,1-2H3;1-5H,(H,8,9). The number of aromatic carboxylic acids is 1. The van der Waals surface area contributed by atoms with E-state index < -0.39 is 5.97 Å². The van der Waals surface area contributed by atoms with Gasteiger partial charge in [-0.2, -0.15) is 0 Å². The molecule has 0 saturated heterocycles. The first kappa shape index (κ1) is 30.1. The number of aliphatic hydroxyl groups excluding tert-OH is 2. The molecule has 35 heavy (non-hydrogen) atoms. The summed E-state index contributed by atoms with van der Waals surface area (Å²) in [5.41, 5.74) is 0.331. The average Bonchev–Trinajstić information content (AvgIpc) is 2.87. The van der Waals surface area contributed by atoms with E-state index in [4.69, 9.17) is 14.2 Å². The third-order valence-electron chi connectivity index (χ3n) is 4.61. The lowest BCUT2D eigenvalue weighted by Crippen LogP contribution is -2.16. The van der Waals surface area contributed by atoms with Gasteiger partial charge in [0.1, 0.15) is 11.5 Å². The van der Waals surface area contributed by atoms with E-state index in [1.54, 1.807) is 30.3 Å². The fourth-order valence-corrected chi connectivity index (χ4v) is 3.40. The van der Waals surface area contributed by atoms with E-state index in [2.05, 4.69) is 0 Å². The van der Waals surface area contributed by atoms with Gasteiger partial charge in [-0.25, -0.2) is 4.79 Å². The van der Waals surface area contributed by atoms with Crippen LogP contribution in [0.3, 0.4) is 0 Å². The van der Waals surface area contributed by atoms with Gasteiger partial charge in [0.2, 0.25) is 0 Å². The topological polar surface area (TPSA) is 96.2 Å². The minimum atomic E-state index is -0.879. The molecule has 0 bridgehead atoms. The highest BCUT2D eigenvalue weighted by Gasteiger charge is 2.09. The molecule has 3 aromatic carbocycles. The third-order valence-corrected chi connectivity index (χ3v) is 5.25. The van der Waals surface area contributed by atoms with Crippen molar-refractivity contribution in [2.45, 2.75) is 58.2 Å². The second-order valence-electron chi connectivity index (χ2n) is 7.71. The molecule has 0 aromatic heterocycles. The Morgan fingerprint density at radius 1 is 0.714 bits per heavy atom. The predicted octanol–water partition coefficient (Wildman–Crippen LogP) is 6.74. The molecule has 7 heteroatoms. The van der Waals surface area contributed by atoms with Crippen molar-refractivity contribution in [3.8, 4) is 11.5 Å². The van der Waals surface area contributed by atoms with Crippen molar-refractivity contribution in [1.82, 2.24) is 0 Å². The van der Waals surface area contributed by atoms with Gasteiger partial charge in [0.05, 0.1) is 17.8 Å². The lowest BCUT2D eigenvalue weighted by molar-refractivity contribution is 0.0691. The number of para-hydroxylation sites is 2. The van der Waals surface area contributed by atoms with Gasteiger partial charge in [-0.15, -0.1) is 0 Å². The molecule has 2 unspecified atom stereocenters. The second-order valence-corrected chi connectivity index (χ2v) is 8.28. The van der Waals surface area contributed by atoms with Gasteiger partial charge in [0, 0.05) is 0 Å². The molecule has 0 fully saturated rings. The Morgan fingerprint density at radius 2 is 1.09 bits per heavy atom. The molecule has 0 aliphatic heterocycles. The summed E-state index contributed by atoms with van der Waals surface area (Å²) < 4.78 is 10.8. The Labute approximate surface area is 210 Å². The highest BCUT2D eigenvalue weighted by molar-refractivity contribution is 7.27. The molecule has 0 heterocycles. The summed E-state index contributed by atoms with van der Waals surface area (Å²) in [7, 11) is -0.0129. The molecule has 0 aliphatic carbocycles. The Kier molecular flexibility index (Phi) is 16.7. The van der Waals surface area contributed by atoms with Gasteiger partial charge in [0.25, 0.3) is 9.03 Å². The first-order chi connectivity index (χ1) is 17.0. The molecule has 0 spiro atoms. The van der Waals surface area contributed by atoms with Gasteiger partial charge < -0.3 is 24.4 Å². The number of rotatable bonds is 11. The number of hydrogen-bond acceptors (Lipinski definition) is 5. The molecule has 3 aromatic rings. The molecule has 2 atom stereocenters. The molecule has 0 radical (unpaired) electrons. The van der Waals surface area contributed by atoms with Crippen molar-refractivity contribution in [1.29, 1.82) is 0 Å². The van der Waals surface area contributed by atoms with Crippen LogP contribution in [0, 0.1) is 0 Å². The van der Waals surface area contributed by atoms with E-state index in [1.807, 2.05) is 74.5 Å². The second kappa shape index (κ2) is 19.4. The van der Waals surface area contributed by atoms with Crippen LogP contribution in [0.5, 0.6) is 11.5 Å². The van der Waals surface area contributed by atoms with E-state index in [1.165, 1.54) is 0 Å². The van der Waals surface area contributed by atoms with Crippen LogP contribution in [0.4, 0.5) is 0 Å². The van der Waals surface area contributed by atoms with Crippen LogP contribution in [-0.2, 0) is 0 Å². The van der Waals surface area contributed by atoms with Crippen LogP contribution >= 0.6 is 9.03 Å². The number of carboxylic acids is 1. The maximum Gasteiger partial charge on any atom is 0.335 e. The van der Waals surface area contributed by atoms with Gasteiger partial charge in [-0.05, 0) is 55.7 Å². The minimum absolute atomic E-state index is 0.0129. The molecule has 0 saturated carbocycles. The van der Waals surface area contributed by atoms with E-state index >= 15 is 0 Å². The zero-order chi connectivity index (χ0) is 25.7. The monoisotopic (exact) mass is 500 g/mol. The predicted molar refractivity (Wildman–Crippen MR) is 142 cm³/mol. The van der Waals surface area contributed by atoms with Crippen molar-refractivity contribution in [2.24, 2.45) is 0 Å². The smallest absolute Gasteiger partial charge is 0.335 e. The van der Waals surface area contributed by atoms with E-state index in [0.29, 0.717) is 12.0 Å². The molecule has 6 nitrogen and oxygen atoms in total. The molecular formula is C28H37O6P. The van der Waals surface area contributed by atoms with Crippen LogP contribution in [0.25, 0.3) is 0 Å². The fourth-order valence-electron chi connectivity index (χ4n) is 2.89. The summed E-state index contributed by atoms with van der Waals surface area (Å²) in [6, 6.07) is 27.5. The zero-order valence-electron chi connectivity index (χ0n) is 20.4. The van der Waals surface area contributed by atoms with Crippen LogP contribution in [0.2, 0.25) is 0 Å². The van der Waals surface area contributed by atoms with Gasteiger partial charge >= 0.3 is 5.97 Å². The van der Waals surface area contributed by atoms with Crippen molar-refractivity contribution in [3.63, 3.8) is 0 Å². The summed E-state index contributed by atoms with van der Waals surface area (Å²) >= 11 is 0. The van der Waals surface area contributed by atoms with Gasteiger partial charge in [-0.1, -0.05) is 81.3 Å². The molecule has 190 valence electrons. The summed E-state index contributed by atoms with van der Waals surface area (Å²) in [4.78, 5) is 10.2. The van der Waals surface area contributed by atoms with Crippen molar-refractivity contribution >= 4 is 15.0 Å². The average molecular weight is 501 g/mol. The van der Waals surface area contributed by atoms with E-state index in [-0.39, 0.29) is 21.2 Å². The van der Waals surface area contributed by atoms with Gasteiger partial charge in [-0.3, -0.25) is 0 Å². The highest BCUT2D eigenvalue weighted by atomic mass is 31.1. The van der Waals surface area contributed by atoms with Crippen molar-refractivity contribution < 1.29 is 29.2 Å². The molecule has 3 rings (SSSR count). The van der Waals surface area contributed by atoms with Gasteiger partial charge in [0.15, 0.2) is 0 Å². The van der Waals surface area contributed by atoms with E-state index in [0.717, 1.165) is 37.2 Å². The van der Waals surface area contributed by atoms with Crippen LogP contribution < -0.4 is 9.05 Å². The molecule has 3 N–H and O–H groups in total. The number of benzene rings is 3. The third kappa shape index (κ3) is 15.6. The normalized spacial score (nSPS) is 11.5. The number of carbonyl (C=O) groups is 1. The zero-order valence-corrected chi connectivity index (χ0v) is 21.4. The lowest BCUT2D eigenvalue weighted by Gasteiger charge is -2.13. The lowest BCUT2D eigenvalue weighted by atomic mass is 10.0. The Bertz CT molecular complexity index is 844. The first-order valence-corrected chi connectivity index (χ1v) is 12.6. The Hall–Kier alpha value is -2.92. The maximum atomic E-state index is 10.2. The van der Waals surface area contributed by atoms with Crippen molar-refractivity contribution in [3.05, 3.63) is 96.6 Å². The number of carboxylic acid groups (broad SMARTS) is 1. The summed E-state index contributed by atoms with van der Waals surface area (Å²) in [6.45, 7) is 4.07. The summed E-state index contributed by atoms with van der Waals surface area (Å²) in [5, 5.41) is 27.0. The highest BCUT2D eigenvalue weighted by Crippen LogP contribution is 2.24. The molecule has 0 aliphatic rings. The van der Waals surface area contributed by atoms with Crippen LogP contribution in [0.1, 0.15) is 56.3 Å². The van der Waals surface area contributed by atoms with Crippen LogP contribution in [0.15, 0.2) is 91.0 Å². The van der Waals surface area contributed by atoms with Crippen LogP contribution in [-0.4, -0.2) is 33.5 Å². The Morgan fingerprint density at radius 3 is 1.40 bits per heavy atom. The quantitative estimate of drug-likeness (QED) is 0.253. The summed E-state index contributed by atoms with van der Waals surface area (Å²) in [6.07, 6.45) is 3.52. The maximum absolute atomic E-state index is 10.2. The number of aliphatic hydroxyl groups is 2. The van der Waals surface area contributed by atoms with Crippen molar-refractivity contribution in [2.75, 3.05) is 0 Å². The largest absolute Gasteiger partial charge is 0.478 e. The van der Waals surface area contributed by atoms with E-state index in [9.17, 15) is 15.0 Å². The fraction of sp³-hybridized carbons (Fsp3) is 0.321. The SMILES string of the molecule is CCCC(O)CC(O)CCC.O=C(O)c1ccccc1.c1ccc(OPOc2ccccc2)cc1. The number of hydrogen-bond donors (Lipinski definition) is 3. The minimum Gasteiger partial charge on any atom is -0.478 e. The molecular weight excluding hydrogens is 463 g/mol.